The van der Waals surface area contributed by atoms with E-state index in [2.05, 4.69) is 0 Å². The summed E-state index contributed by atoms with van der Waals surface area (Å²) < 4.78 is 2.93. The van der Waals surface area contributed by atoms with Crippen LogP contribution in [-0.4, -0.2) is 33.0 Å². The summed E-state index contributed by atoms with van der Waals surface area (Å²) in [6.45, 7) is 1.36. The highest BCUT2D eigenvalue weighted by Gasteiger charge is 2.21. The fraction of sp³-hybridized carbons (Fsp3) is 0.316. The fourth-order valence-corrected chi connectivity index (χ4v) is 4.47. The van der Waals surface area contributed by atoms with E-state index in [0.717, 1.165) is 23.8 Å². The Bertz CT molecular complexity index is 1130. The number of hydrogen-bond acceptors (Lipinski definition) is 4. The third kappa shape index (κ3) is 3.33. The molecule has 6 nitrogen and oxygen atoms in total. The predicted octanol–water partition coefficient (Wildman–Crippen LogP) is 2.88. The van der Waals surface area contributed by atoms with Crippen LogP contribution in [0.2, 0.25) is 5.02 Å². The van der Waals surface area contributed by atoms with Crippen LogP contribution in [0.5, 0.6) is 0 Å². The lowest BCUT2D eigenvalue weighted by Gasteiger charge is -2.27. The molecule has 0 atom stereocenters. The number of likely N-dealkylation sites (tertiary alicyclic amines) is 1. The van der Waals surface area contributed by atoms with Gasteiger partial charge >= 0.3 is 5.69 Å². The molecule has 1 aliphatic rings. The predicted molar refractivity (Wildman–Crippen MR) is 107 cm³/mol. The molecule has 3 aromatic rings. The largest absolute Gasteiger partial charge is 0.341 e. The number of carbonyl (C=O) groups is 1. The van der Waals surface area contributed by atoms with Gasteiger partial charge in [-0.25, -0.2) is 9.36 Å². The molecule has 1 aliphatic heterocycles. The van der Waals surface area contributed by atoms with E-state index in [1.165, 1.54) is 15.9 Å². The summed E-state index contributed by atoms with van der Waals surface area (Å²) in [5.74, 6) is -0.0967. The molecule has 0 saturated carbocycles. The monoisotopic (exact) mass is 403 g/mol. The van der Waals surface area contributed by atoms with Crippen molar-refractivity contribution in [2.75, 3.05) is 13.1 Å². The second-order valence-corrected chi connectivity index (χ2v) is 7.92. The van der Waals surface area contributed by atoms with Crippen molar-refractivity contribution in [3.05, 3.63) is 61.6 Å². The zero-order valence-corrected chi connectivity index (χ0v) is 16.1. The number of fused-ring (bicyclic) bond motifs is 1. The van der Waals surface area contributed by atoms with Gasteiger partial charge in [-0.1, -0.05) is 17.7 Å². The minimum atomic E-state index is -0.529. The highest BCUT2D eigenvalue weighted by atomic mass is 35.5. The van der Waals surface area contributed by atoms with E-state index >= 15 is 0 Å². The lowest BCUT2D eigenvalue weighted by atomic mass is 10.1. The first-order chi connectivity index (χ1) is 13.1. The topological polar surface area (TPSA) is 64.3 Å². The second-order valence-electron chi connectivity index (χ2n) is 6.57. The smallest absolute Gasteiger partial charge is 0.336 e. The van der Waals surface area contributed by atoms with Crippen LogP contribution in [0, 0.1) is 0 Å². The van der Waals surface area contributed by atoms with Crippen molar-refractivity contribution in [1.29, 1.82) is 0 Å². The molecule has 0 spiro atoms. The fourth-order valence-electron chi connectivity index (χ4n) is 3.46. The molecule has 0 radical (unpaired) electrons. The quantitative estimate of drug-likeness (QED) is 0.675. The van der Waals surface area contributed by atoms with Gasteiger partial charge in [0.05, 0.1) is 11.2 Å². The molecule has 0 unspecified atom stereocenters. The van der Waals surface area contributed by atoms with Crippen molar-refractivity contribution < 1.29 is 4.79 Å². The van der Waals surface area contributed by atoms with E-state index < -0.39 is 11.2 Å². The number of aromatic nitrogens is 2. The van der Waals surface area contributed by atoms with E-state index in [9.17, 15) is 14.4 Å². The molecule has 2 aromatic heterocycles. The Labute approximate surface area is 164 Å². The van der Waals surface area contributed by atoms with Crippen molar-refractivity contribution in [1.82, 2.24) is 14.0 Å². The Morgan fingerprint density at radius 3 is 2.63 bits per heavy atom. The zero-order valence-electron chi connectivity index (χ0n) is 14.6. The van der Waals surface area contributed by atoms with Crippen molar-refractivity contribution in [3.63, 3.8) is 0 Å². The molecule has 0 N–H and O–H groups in total. The van der Waals surface area contributed by atoms with E-state index in [1.807, 2.05) is 0 Å². The maximum Gasteiger partial charge on any atom is 0.336 e. The van der Waals surface area contributed by atoms with E-state index in [1.54, 1.807) is 40.6 Å². The minimum absolute atomic E-state index is 0.0765. The summed E-state index contributed by atoms with van der Waals surface area (Å²) in [7, 11) is 0. The Balaban J connectivity index is 1.85. The van der Waals surface area contributed by atoms with Gasteiger partial charge < -0.3 is 4.90 Å². The van der Waals surface area contributed by atoms with Crippen LogP contribution in [0.4, 0.5) is 0 Å². The Morgan fingerprint density at radius 2 is 1.89 bits per heavy atom. The molecule has 1 fully saturated rings. The lowest BCUT2D eigenvalue weighted by molar-refractivity contribution is -0.132. The first kappa shape index (κ1) is 18.0. The maximum absolute atomic E-state index is 13.1. The van der Waals surface area contributed by atoms with Gasteiger partial charge in [0.2, 0.25) is 5.91 Å². The molecule has 8 heteroatoms. The van der Waals surface area contributed by atoms with Crippen molar-refractivity contribution >= 4 is 39.1 Å². The molecule has 3 heterocycles. The van der Waals surface area contributed by atoms with Crippen LogP contribution < -0.4 is 11.2 Å². The van der Waals surface area contributed by atoms with Gasteiger partial charge in [0.15, 0.2) is 0 Å². The molecule has 27 heavy (non-hydrogen) atoms. The highest BCUT2D eigenvalue weighted by Crippen LogP contribution is 2.18. The summed E-state index contributed by atoms with van der Waals surface area (Å²) in [5.41, 5.74) is -0.0296. The maximum atomic E-state index is 13.1. The minimum Gasteiger partial charge on any atom is -0.341 e. The number of hydrogen-bond donors (Lipinski definition) is 0. The van der Waals surface area contributed by atoms with Crippen LogP contribution in [0.25, 0.3) is 15.9 Å². The van der Waals surface area contributed by atoms with Gasteiger partial charge in [-0.05, 0) is 48.9 Å². The Kier molecular flexibility index (Phi) is 4.88. The summed E-state index contributed by atoms with van der Waals surface area (Å²) in [6.07, 6.45) is 3.09. The molecule has 1 amide bonds. The van der Waals surface area contributed by atoms with Crippen molar-refractivity contribution in [3.8, 4) is 5.69 Å². The SMILES string of the molecule is O=C(Cn1c(=O)n(-c2cccc(Cl)c2)c(=O)c2sccc21)N1CCCCC1. The summed E-state index contributed by atoms with van der Waals surface area (Å²) in [4.78, 5) is 40.6. The van der Waals surface area contributed by atoms with Crippen LogP contribution in [0.3, 0.4) is 0 Å². The summed E-state index contributed by atoms with van der Waals surface area (Å²) in [6, 6.07) is 8.31. The lowest BCUT2D eigenvalue weighted by Crippen LogP contribution is -2.43. The normalized spacial score (nSPS) is 14.6. The number of nitrogens with zero attached hydrogens (tertiary/aromatic N) is 3. The van der Waals surface area contributed by atoms with E-state index in [0.29, 0.717) is 34.0 Å². The zero-order chi connectivity index (χ0) is 19.0. The molecule has 140 valence electrons. The molecule has 0 bridgehead atoms. The van der Waals surface area contributed by atoms with Gasteiger partial charge in [0.25, 0.3) is 5.56 Å². The van der Waals surface area contributed by atoms with Crippen LogP contribution in [0.15, 0.2) is 45.3 Å². The third-order valence-corrected chi connectivity index (χ3v) is 5.95. The molecular formula is C19H18ClN3O3S. The number of thiophene rings is 1. The van der Waals surface area contributed by atoms with Gasteiger partial charge in [-0.15, -0.1) is 11.3 Å². The van der Waals surface area contributed by atoms with Gasteiger partial charge in [0.1, 0.15) is 11.2 Å². The number of carbonyl (C=O) groups excluding carboxylic acids is 1. The van der Waals surface area contributed by atoms with Crippen molar-refractivity contribution in [2.24, 2.45) is 0 Å². The number of halogens is 1. The van der Waals surface area contributed by atoms with Gasteiger partial charge in [-0.2, -0.15) is 0 Å². The Morgan fingerprint density at radius 1 is 1.11 bits per heavy atom. The molecule has 1 saturated heterocycles. The average Bonchev–Trinajstić information content (AvgIpc) is 3.16. The van der Waals surface area contributed by atoms with E-state index in [4.69, 9.17) is 11.6 Å². The molecule has 4 rings (SSSR count). The first-order valence-corrected chi connectivity index (χ1v) is 10.1. The Hall–Kier alpha value is -2.38. The van der Waals surface area contributed by atoms with Gasteiger partial charge in [-0.3, -0.25) is 14.2 Å². The molecule has 0 aliphatic carbocycles. The van der Waals surface area contributed by atoms with Gasteiger partial charge in [0, 0.05) is 18.1 Å². The van der Waals surface area contributed by atoms with Crippen LogP contribution >= 0.6 is 22.9 Å². The number of piperidine rings is 1. The first-order valence-electron chi connectivity index (χ1n) is 8.83. The summed E-state index contributed by atoms with van der Waals surface area (Å²) >= 11 is 7.30. The van der Waals surface area contributed by atoms with Crippen molar-refractivity contribution in [2.45, 2.75) is 25.8 Å². The second kappa shape index (κ2) is 7.32. The molecular weight excluding hydrogens is 386 g/mol. The average molecular weight is 404 g/mol. The number of amides is 1. The van der Waals surface area contributed by atoms with Crippen LogP contribution in [0.1, 0.15) is 19.3 Å². The summed E-state index contributed by atoms with van der Waals surface area (Å²) in [5, 5.41) is 2.19. The van der Waals surface area contributed by atoms with E-state index in [-0.39, 0.29) is 12.5 Å². The molecule has 1 aromatic carbocycles. The highest BCUT2D eigenvalue weighted by molar-refractivity contribution is 7.17. The number of rotatable bonds is 3. The van der Waals surface area contributed by atoms with Crippen LogP contribution in [-0.2, 0) is 11.3 Å². The number of benzene rings is 1. The third-order valence-electron chi connectivity index (χ3n) is 4.82. The standard InChI is InChI=1S/C19H18ClN3O3S/c20-13-5-4-6-14(11-13)23-18(25)17-15(7-10-27-17)22(19(23)26)12-16(24)21-8-2-1-3-9-21/h4-7,10-11H,1-3,8-9,12H2.